The standard InChI is InChI=1S/C28H38N2O4.C20H32N2O2/c1-27(2,3)34-26(32)30-19-22(18-28(30,4)5)16-17-24(23-14-10-7-11-15-23)29-25(31)33-20-21-12-8-6-9-13-21;1-19(2,3)24-18(23)22-14-15(13-20(22,4)5)11-12-17(21)16-9-7-6-8-10-16/h6-15,22,24H,16-20H2,1-5H3,(H,29,31);6-10,15,17H,11-14,21H2,1-5H3. The summed E-state index contributed by atoms with van der Waals surface area (Å²) in [5.74, 6) is 0.804. The van der Waals surface area contributed by atoms with Gasteiger partial charge in [-0.3, -0.25) is 0 Å². The number of carbonyl (C=O) groups is 3. The van der Waals surface area contributed by atoms with E-state index >= 15 is 0 Å². The van der Waals surface area contributed by atoms with Gasteiger partial charge in [0.15, 0.2) is 0 Å². The van der Waals surface area contributed by atoms with Crippen molar-refractivity contribution in [2.45, 2.75) is 149 Å². The van der Waals surface area contributed by atoms with Crippen LogP contribution in [0.5, 0.6) is 0 Å². The zero-order valence-corrected chi connectivity index (χ0v) is 36.8. The Kier molecular flexibility index (Phi) is 15.8. The molecule has 3 N–H and O–H groups in total. The third-order valence-corrected chi connectivity index (χ3v) is 10.8. The summed E-state index contributed by atoms with van der Waals surface area (Å²) in [6.07, 6.45) is 4.59. The van der Waals surface area contributed by atoms with Gasteiger partial charge in [0, 0.05) is 30.2 Å². The van der Waals surface area contributed by atoms with E-state index in [0.29, 0.717) is 18.4 Å². The van der Waals surface area contributed by atoms with Gasteiger partial charge in [-0.2, -0.15) is 0 Å². The second-order valence-electron chi connectivity index (χ2n) is 19.3. The third kappa shape index (κ3) is 14.7. The van der Waals surface area contributed by atoms with E-state index in [1.807, 2.05) is 130 Å². The minimum absolute atomic E-state index is 0.0601. The number of ether oxygens (including phenoxy) is 3. The summed E-state index contributed by atoms with van der Waals surface area (Å²) in [4.78, 5) is 41.5. The molecule has 4 atom stereocenters. The Morgan fingerprint density at radius 1 is 0.672 bits per heavy atom. The molecule has 2 aliphatic heterocycles. The van der Waals surface area contributed by atoms with Crippen LogP contribution in [0, 0.1) is 11.8 Å². The molecular weight excluding hydrogens is 729 g/mol. The van der Waals surface area contributed by atoms with Crippen molar-refractivity contribution >= 4 is 18.3 Å². The summed E-state index contributed by atoms with van der Waals surface area (Å²) in [7, 11) is 0. The number of carbonyl (C=O) groups excluding carboxylic acids is 3. The highest BCUT2D eigenvalue weighted by atomic mass is 16.6. The normalized spacial score (nSPS) is 19.6. The first-order valence-corrected chi connectivity index (χ1v) is 21.0. The predicted molar refractivity (Wildman–Crippen MR) is 231 cm³/mol. The average Bonchev–Trinajstić information content (AvgIpc) is 3.64. The fourth-order valence-corrected chi connectivity index (χ4v) is 8.04. The Labute approximate surface area is 348 Å². The van der Waals surface area contributed by atoms with Crippen molar-refractivity contribution in [2.75, 3.05) is 13.1 Å². The maximum atomic E-state index is 12.7. The Bertz CT molecular complexity index is 1740. The zero-order chi connectivity index (χ0) is 42.7. The number of hydrogen-bond acceptors (Lipinski definition) is 7. The molecule has 0 bridgehead atoms. The van der Waals surface area contributed by atoms with Gasteiger partial charge in [0.1, 0.15) is 17.8 Å². The van der Waals surface area contributed by atoms with E-state index in [0.717, 1.165) is 56.2 Å². The molecule has 2 aliphatic rings. The van der Waals surface area contributed by atoms with Crippen LogP contribution in [0.25, 0.3) is 0 Å². The number of benzene rings is 3. The molecule has 0 aromatic heterocycles. The maximum Gasteiger partial charge on any atom is 0.410 e. The van der Waals surface area contributed by atoms with Crippen molar-refractivity contribution in [3.8, 4) is 0 Å². The summed E-state index contributed by atoms with van der Waals surface area (Å²) in [6, 6.07) is 29.7. The third-order valence-electron chi connectivity index (χ3n) is 10.8. The van der Waals surface area contributed by atoms with E-state index in [1.165, 1.54) is 5.56 Å². The van der Waals surface area contributed by atoms with Gasteiger partial charge >= 0.3 is 18.3 Å². The Morgan fingerprint density at radius 2 is 1.09 bits per heavy atom. The first kappa shape index (κ1) is 46.1. The molecule has 0 aliphatic carbocycles. The lowest BCUT2D eigenvalue weighted by atomic mass is 9.90. The quantitative estimate of drug-likeness (QED) is 0.185. The van der Waals surface area contributed by atoms with Crippen LogP contribution >= 0.6 is 0 Å². The first-order valence-electron chi connectivity index (χ1n) is 21.0. The molecule has 10 heteroatoms. The molecule has 4 unspecified atom stereocenters. The number of amides is 3. The smallest absolute Gasteiger partial charge is 0.410 e. The highest BCUT2D eigenvalue weighted by Crippen LogP contribution is 2.38. The summed E-state index contributed by atoms with van der Waals surface area (Å²) >= 11 is 0. The van der Waals surface area contributed by atoms with E-state index in [1.54, 1.807) is 0 Å². The van der Waals surface area contributed by atoms with Crippen molar-refractivity contribution in [3.05, 3.63) is 108 Å². The Hall–Kier alpha value is -4.57. The number of nitrogens with one attached hydrogen (secondary N) is 1. The molecule has 2 heterocycles. The van der Waals surface area contributed by atoms with Crippen LogP contribution in [-0.2, 0) is 20.8 Å². The van der Waals surface area contributed by atoms with Crippen molar-refractivity contribution in [3.63, 3.8) is 0 Å². The van der Waals surface area contributed by atoms with E-state index in [9.17, 15) is 14.4 Å². The molecule has 0 spiro atoms. The van der Waals surface area contributed by atoms with Crippen LogP contribution in [-0.4, -0.2) is 63.4 Å². The first-order chi connectivity index (χ1) is 27.1. The van der Waals surface area contributed by atoms with E-state index < -0.39 is 17.3 Å². The number of rotatable bonds is 11. The van der Waals surface area contributed by atoms with E-state index in [2.05, 4.69) is 45.1 Å². The minimum Gasteiger partial charge on any atom is -0.445 e. The van der Waals surface area contributed by atoms with Crippen molar-refractivity contribution in [1.82, 2.24) is 15.1 Å². The highest BCUT2D eigenvalue weighted by Gasteiger charge is 2.44. The number of hydrogen-bond donors (Lipinski definition) is 2. The van der Waals surface area contributed by atoms with E-state index in [-0.39, 0.29) is 42.0 Å². The number of nitrogens with two attached hydrogens (primary N) is 1. The topological polar surface area (TPSA) is 123 Å². The van der Waals surface area contributed by atoms with Crippen LogP contribution in [0.3, 0.4) is 0 Å². The van der Waals surface area contributed by atoms with Gasteiger partial charge in [-0.15, -0.1) is 0 Å². The van der Waals surface area contributed by atoms with Gasteiger partial charge in [-0.25, -0.2) is 14.4 Å². The summed E-state index contributed by atoms with van der Waals surface area (Å²) in [6.45, 7) is 21.4. The van der Waals surface area contributed by atoms with E-state index in [4.69, 9.17) is 19.9 Å². The number of nitrogens with zero attached hydrogens (tertiary/aromatic N) is 2. The maximum absolute atomic E-state index is 12.7. The minimum atomic E-state index is -0.520. The predicted octanol–water partition coefficient (Wildman–Crippen LogP) is 11.0. The molecule has 2 fully saturated rings. The lowest BCUT2D eigenvalue weighted by molar-refractivity contribution is 0.0118. The van der Waals surface area contributed by atoms with Crippen molar-refractivity contribution in [1.29, 1.82) is 0 Å². The summed E-state index contributed by atoms with van der Waals surface area (Å²) < 4.78 is 16.7. The van der Waals surface area contributed by atoms with Gasteiger partial charge in [-0.05, 0) is 136 Å². The molecular formula is C48H70N4O6. The zero-order valence-electron chi connectivity index (χ0n) is 36.8. The van der Waals surface area contributed by atoms with Crippen molar-refractivity contribution in [2.24, 2.45) is 17.6 Å². The second-order valence-corrected chi connectivity index (χ2v) is 19.3. The number of alkyl carbamates (subject to hydrolysis) is 1. The molecule has 0 saturated carbocycles. The SMILES string of the molecule is CC(C)(C)OC(=O)N1CC(CCC(N)c2ccccc2)CC1(C)C.CC(C)(C)OC(=O)N1CC(CCC(NC(=O)OCc2ccccc2)c2ccccc2)CC1(C)C. The van der Waals surface area contributed by atoms with Crippen LogP contribution in [0.15, 0.2) is 91.0 Å². The Morgan fingerprint density at radius 3 is 1.53 bits per heavy atom. The molecule has 3 aromatic carbocycles. The van der Waals surface area contributed by atoms with Gasteiger partial charge in [0.25, 0.3) is 0 Å². The fraction of sp³-hybridized carbons (Fsp3) is 0.562. The van der Waals surface area contributed by atoms with Crippen LogP contribution in [0.1, 0.15) is 137 Å². The molecule has 5 rings (SSSR count). The summed E-state index contributed by atoms with van der Waals surface area (Å²) in [5.41, 5.74) is 8.08. The molecule has 0 radical (unpaired) electrons. The molecule has 10 nitrogen and oxygen atoms in total. The van der Waals surface area contributed by atoms with Gasteiger partial charge in [0.05, 0.1) is 6.04 Å². The largest absolute Gasteiger partial charge is 0.445 e. The van der Waals surface area contributed by atoms with Crippen LogP contribution in [0.4, 0.5) is 14.4 Å². The summed E-state index contributed by atoms with van der Waals surface area (Å²) in [5, 5.41) is 3.05. The highest BCUT2D eigenvalue weighted by molar-refractivity contribution is 5.70. The van der Waals surface area contributed by atoms with Crippen LogP contribution in [0.2, 0.25) is 0 Å². The molecule has 3 aromatic rings. The van der Waals surface area contributed by atoms with Crippen LogP contribution < -0.4 is 11.1 Å². The van der Waals surface area contributed by atoms with Crippen molar-refractivity contribution < 1.29 is 28.6 Å². The second kappa shape index (κ2) is 19.9. The molecule has 2 saturated heterocycles. The lowest BCUT2D eigenvalue weighted by Crippen LogP contribution is -2.45. The molecule has 318 valence electrons. The number of likely N-dealkylation sites (tertiary alicyclic amines) is 2. The lowest BCUT2D eigenvalue weighted by Gasteiger charge is -2.33. The average molecular weight is 799 g/mol. The van der Waals surface area contributed by atoms with Gasteiger partial charge in [-0.1, -0.05) is 91.0 Å². The monoisotopic (exact) mass is 799 g/mol. The van der Waals surface area contributed by atoms with Gasteiger partial charge < -0.3 is 35.1 Å². The molecule has 3 amide bonds. The Balaban J connectivity index is 0.000000273. The fourth-order valence-electron chi connectivity index (χ4n) is 8.04. The van der Waals surface area contributed by atoms with Gasteiger partial charge in [0.2, 0.25) is 0 Å². The molecule has 58 heavy (non-hydrogen) atoms.